The minimum atomic E-state index is -1.00. The highest BCUT2D eigenvalue weighted by Gasteiger charge is 2.24. The fraction of sp³-hybridized carbons (Fsp3) is 0.275. The van der Waals surface area contributed by atoms with E-state index in [1.165, 1.54) is 12.5 Å². The van der Waals surface area contributed by atoms with Crippen LogP contribution in [0.3, 0.4) is 0 Å². The topological polar surface area (TPSA) is 190 Å². The van der Waals surface area contributed by atoms with Crippen molar-refractivity contribution in [2.45, 2.75) is 51.3 Å². The van der Waals surface area contributed by atoms with Crippen molar-refractivity contribution in [1.82, 2.24) is 21.3 Å². The van der Waals surface area contributed by atoms with E-state index in [1.807, 2.05) is 66.7 Å². The number of para-hydroxylation sites is 1. The molecule has 0 saturated carbocycles. The number of carbonyl (C=O) groups is 5. The number of ether oxygens (including phenoxy) is 2. The molecule has 0 radical (unpaired) electrons. The van der Waals surface area contributed by atoms with E-state index in [4.69, 9.17) is 15.2 Å². The van der Waals surface area contributed by atoms with E-state index in [9.17, 15) is 24.0 Å². The van der Waals surface area contributed by atoms with E-state index in [1.54, 1.807) is 30.3 Å². The number of alkyl carbamates (subject to hydrolysis) is 1. The number of rotatable bonds is 20. The Morgan fingerprint density at radius 2 is 1.45 bits per heavy atom. The lowest BCUT2D eigenvalue weighted by molar-refractivity contribution is -0.128. The molecule has 0 aliphatic carbocycles. The zero-order valence-corrected chi connectivity index (χ0v) is 29.6. The smallest absolute Gasteiger partial charge is 0.408 e. The summed E-state index contributed by atoms with van der Waals surface area (Å²) in [5.74, 6) is -1.43. The van der Waals surface area contributed by atoms with Gasteiger partial charge in [-0.05, 0) is 61.6 Å². The second-order valence-electron chi connectivity index (χ2n) is 12.2. The van der Waals surface area contributed by atoms with Crippen molar-refractivity contribution in [2.75, 3.05) is 25.0 Å². The van der Waals surface area contributed by atoms with Gasteiger partial charge in [-0.1, -0.05) is 78.9 Å². The molecule has 0 aliphatic heterocycles. The largest absolute Gasteiger partial charge is 0.493 e. The highest BCUT2D eigenvalue weighted by molar-refractivity contribution is 6.01. The van der Waals surface area contributed by atoms with Crippen LogP contribution in [0.15, 0.2) is 109 Å². The van der Waals surface area contributed by atoms with Gasteiger partial charge >= 0.3 is 6.09 Å². The number of benzene rings is 4. The molecule has 13 heteroatoms. The summed E-state index contributed by atoms with van der Waals surface area (Å²) in [4.78, 5) is 62.4. The number of hydrogen-bond acceptors (Lipinski definition) is 8. The van der Waals surface area contributed by atoms with Crippen molar-refractivity contribution in [3.8, 4) is 5.75 Å². The summed E-state index contributed by atoms with van der Waals surface area (Å²) in [5, 5.41) is 13.7. The minimum Gasteiger partial charge on any atom is -0.493 e. The fourth-order valence-corrected chi connectivity index (χ4v) is 5.12. The van der Waals surface area contributed by atoms with Crippen LogP contribution in [0.2, 0.25) is 0 Å². The lowest BCUT2D eigenvalue weighted by Gasteiger charge is -2.20. The summed E-state index contributed by atoms with van der Waals surface area (Å²) in [6.45, 7) is 2.00. The number of hydrogen-bond donors (Lipinski definition) is 6. The first-order valence-corrected chi connectivity index (χ1v) is 17.4. The first-order chi connectivity index (χ1) is 25.7. The SMILES string of the molecule is C[C@H](NC(=O)[C@H](CCCCNC(=O)CNC(=O)c1ccccc1Nc1cccc(OCCc2ccccc2)c1)NC(=O)OCc1ccccc1)C(N)=O. The third-order valence-corrected chi connectivity index (χ3v) is 8.05. The molecule has 2 atom stereocenters. The van der Waals surface area contributed by atoms with Gasteiger partial charge in [0.1, 0.15) is 24.4 Å². The molecule has 5 amide bonds. The minimum absolute atomic E-state index is 0.0164. The van der Waals surface area contributed by atoms with Crippen LogP contribution in [-0.2, 0) is 32.1 Å². The average Bonchev–Trinajstić information content (AvgIpc) is 3.16. The Kier molecular flexibility index (Phi) is 15.7. The zero-order valence-electron chi connectivity index (χ0n) is 29.6. The summed E-state index contributed by atoms with van der Waals surface area (Å²) in [6, 6.07) is 31.7. The predicted octanol–water partition coefficient (Wildman–Crippen LogP) is 4.35. The van der Waals surface area contributed by atoms with Crippen molar-refractivity contribution in [1.29, 1.82) is 0 Å². The monoisotopic (exact) mass is 722 g/mol. The summed E-state index contributed by atoms with van der Waals surface area (Å²) in [7, 11) is 0. The summed E-state index contributed by atoms with van der Waals surface area (Å²) < 4.78 is 11.2. The summed E-state index contributed by atoms with van der Waals surface area (Å²) >= 11 is 0. The van der Waals surface area contributed by atoms with Gasteiger partial charge in [0.15, 0.2) is 0 Å². The predicted molar refractivity (Wildman–Crippen MR) is 201 cm³/mol. The molecule has 7 N–H and O–H groups in total. The highest BCUT2D eigenvalue weighted by atomic mass is 16.5. The maximum absolute atomic E-state index is 13.1. The number of nitrogens with one attached hydrogen (secondary N) is 5. The molecule has 0 unspecified atom stereocenters. The van der Waals surface area contributed by atoms with Gasteiger partial charge in [0.05, 0.1) is 24.4 Å². The van der Waals surface area contributed by atoms with Crippen LogP contribution in [0.5, 0.6) is 5.75 Å². The lowest BCUT2D eigenvalue weighted by atomic mass is 10.1. The number of nitrogens with two attached hydrogens (primary N) is 1. The van der Waals surface area contributed by atoms with Gasteiger partial charge in [-0.25, -0.2) is 4.79 Å². The second kappa shape index (κ2) is 21.1. The Morgan fingerprint density at radius 1 is 0.755 bits per heavy atom. The van der Waals surface area contributed by atoms with Gasteiger partial charge in [0.2, 0.25) is 17.7 Å². The summed E-state index contributed by atoms with van der Waals surface area (Å²) in [5.41, 5.74) is 8.90. The Labute approximate surface area is 309 Å². The van der Waals surface area contributed by atoms with E-state index < -0.39 is 41.8 Å². The number of amides is 5. The van der Waals surface area contributed by atoms with E-state index in [2.05, 4.69) is 38.7 Å². The fourth-order valence-electron chi connectivity index (χ4n) is 5.12. The first-order valence-electron chi connectivity index (χ1n) is 17.4. The normalized spacial score (nSPS) is 11.6. The van der Waals surface area contributed by atoms with Crippen LogP contribution in [0.4, 0.5) is 16.2 Å². The Hall–Kier alpha value is -6.37. The molecule has 4 aromatic rings. The van der Waals surface area contributed by atoms with E-state index in [-0.39, 0.29) is 26.1 Å². The molecule has 0 aromatic heterocycles. The van der Waals surface area contributed by atoms with Crippen LogP contribution in [0.1, 0.15) is 47.7 Å². The van der Waals surface area contributed by atoms with Crippen LogP contribution in [0.25, 0.3) is 0 Å². The molecule has 0 saturated heterocycles. The molecule has 53 heavy (non-hydrogen) atoms. The maximum Gasteiger partial charge on any atom is 0.408 e. The van der Waals surface area contributed by atoms with Crippen molar-refractivity contribution in [2.24, 2.45) is 5.73 Å². The highest BCUT2D eigenvalue weighted by Crippen LogP contribution is 2.24. The molecule has 0 aliphatic rings. The van der Waals surface area contributed by atoms with Crippen LogP contribution >= 0.6 is 0 Å². The molecule has 0 spiro atoms. The van der Waals surface area contributed by atoms with E-state index in [0.29, 0.717) is 36.4 Å². The van der Waals surface area contributed by atoms with Crippen LogP contribution in [0, 0.1) is 0 Å². The van der Waals surface area contributed by atoms with Crippen molar-refractivity contribution < 1.29 is 33.4 Å². The Bertz CT molecular complexity index is 1810. The van der Waals surface area contributed by atoms with Gasteiger partial charge in [-0.3, -0.25) is 19.2 Å². The number of anilines is 2. The third-order valence-electron chi connectivity index (χ3n) is 8.05. The molecule has 0 heterocycles. The van der Waals surface area contributed by atoms with E-state index in [0.717, 1.165) is 17.7 Å². The van der Waals surface area contributed by atoms with Crippen molar-refractivity contribution >= 4 is 41.1 Å². The van der Waals surface area contributed by atoms with Gasteiger partial charge in [0, 0.05) is 24.7 Å². The maximum atomic E-state index is 13.1. The Morgan fingerprint density at radius 3 is 2.19 bits per heavy atom. The molecule has 278 valence electrons. The molecule has 4 aromatic carbocycles. The number of unbranched alkanes of at least 4 members (excludes halogenated alkanes) is 1. The van der Waals surface area contributed by atoms with Crippen LogP contribution in [-0.4, -0.2) is 61.5 Å². The third kappa shape index (κ3) is 14.0. The van der Waals surface area contributed by atoms with E-state index >= 15 is 0 Å². The summed E-state index contributed by atoms with van der Waals surface area (Å²) in [6.07, 6.45) is 1.10. The molecule has 4 rings (SSSR count). The molecule has 0 bridgehead atoms. The quantitative estimate of drug-likeness (QED) is 0.0726. The van der Waals surface area contributed by atoms with Gasteiger partial charge in [-0.2, -0.15) is 0 Å². The first kappa shape index (κ1) is 39.4. The zero-order chi connectivity index (χ0) is 37.8. The molecular weight excluding hydrogens is 676 g/mol. The van der Waals surface area contributed by atoms with Crippen LogP contribution < -0.4 is 37.1 Å². The molecule has 13 nitrogen and oxygen atoms in total. The lowest BCUT2D eigenvalue weighted by Crippen LogP contribution is -2.52. The molecule has 0 fully saturated rings. The standard InChI is InChI=1S/C40H46N6O7/c1-28(37(41)48)44-39(50)35(46-40(51)53-27-30-15-6-3-7-16-30)21-10-11-23-42-36(47)26-43-38(49)33-19-8-9-20-34(33)45-31-17-12-18-32(25-31)52-24-22-29-13-4-2-5-14-29/h2-9,12-20,25,28,35,45H,10-11,21-24,26-27H2,1H3,(H2,41,48)(H,42,47)(H,43,49)(H,44,50)(H,46,51)/t28-,35-/m0/s1. The number of carbonyl (C=O) groups excluding carboxylic acids is 5. The van der Waals surface area contributed by atoms with Crippen molar-refractivity contribution in [3.05, 3.63) is 126 Å². The molecular formula is C40H46N6O7. The Balaban J connectivity index is 1.20. The van der Waals surface area contributed by atoms with Crippen molar-refractivity contribution in [3.63, 3.8) is 0 Å². The second-order valence-corrected chi connectivity index (χ2v) is 12.2. The average molecular weight is 723 g/mol. The number of primary amides is 1. The van der Waals surface area contributed by atoms with Gasteiger partial charge < -0.3 is 41.8 Å². The van der Waals surface area contributed by atoms with Gasteiger partial charge in [-0.15, -0.1) is 0 Å². The van der Waals surface area contributed by atoms with Gasteiger partial charge in [0.25, 0.3) is 5.91 Å².